The Morgan fingerprint density at radius 2 is 1.86 bits per heavy atom. The number of allylic oxidation sites excluding steroid dienone is 14. The molecule has 0 saturated heterocycles. The van der Waals surface area contributed by atoms with E-state index in [9.17, 15) is 0 Å². The van der Waals surface area contributed by atoms with Crippen molar-refractivity contribution in [3.8, 4) is 0 Å². The van der Waals surface area contributed by atoms with E-state index in [2.05, 4.69) is 140 Å². The van der Waals surface area contributed by atoms with Crippen LogP contribution in [0.3, 0.4) is 0 Å². The van der Waals surface area contributed by atoms with Gasteiger partial charge in [-0.1, -0.05) is 154 Å². The zero-order valence-electron chi connectivity index (χ0n) is 29.6. The number of unbranched alkanes of at least 4 members (excludes halogenated alkanes) is 1. The van der Waals surface area contributed by atoms with E-state index in [-0.39, 0.29) is 6.17 Å². The average molecular weight is 689 g/mol. The number of thioether (sulfide) groups is 1. The fraction of sp³-hybridized carbons (Fsp3) is 0.196. The van der Waals surface area contributed by atoms with Crippen molar-refractivity contribution in [2.45, 2.75) is 62.6 Å². The number of fused-ring (bicyclic) bond motifs is 3. The second kappa shape index (κ2) is 17.2. The summed E-state index contributed by atoms with van der Waals surface area (Å²) in [4.78, 5) is 8.04. The minimum absolute atomic E-state index is 0.363. The Balaban J connectivity index is 1.38. The molecule has 1 heterocycles. The molecule has 5 heteroatoms. The summed E-state index contributed by atoms with van der Waals surface area (Å²) in [5.74, 6) is 1.21. The quantitative estimate of drug-likeness (QED) is 0.0683. The Morgan fingerprint density at radius 3 is 2.69 bits per heavy atom. The molecular weight excluding hydrogens is 641 g/mol. The predicted octanol–water partition coefficient (Wildman–Crippen LogP) is 11.7. The van der Waals surface area contributed by atoms with E-state index < -0.39 is 0 Å². The normalized spacial score (nSPS) is 17.1. The Labute approximate surface area is 308 Å². The fourth-order valence-electron chi connectivity index (χ4n) is 6.54. The molecule has 0 bridgehead atoms. The summed E-state index contributed by atoms with van der Waals surface area (Å²) in [6.45, 7) is 15.2. The van der Waals surface area contributed by atoms with E-state index in [1.54, 1.807) is 6.08 Å². The fourth-order valence-corrected chi connectivity index (χ4v) is 7.88. The predicted molar refractivity (Wildman–Crippen MR) is 222 cm³/mol. The third kappa shape index (κ3) is 8.80. The van der Waals surface area contributed by atoms with Crippen LogP contribution in [0, 0.1) is 0 Å². The topological polar surface area (TPSA) is 62.4 Å². The molecule has 0 spiro atoms. The van der Waals surface area contributed by atoms with Gasteiger partial charge in [-0.05, 0) is 82.2 Å². The van der Waals surface area contributed by atoms with Gasteiger partial charge in [0, 0.05) is 33.3 Å². The first-order valence-electron chi connectivity index (χ1n) is 17.9. The van der Waals surface area contributed by atoms with Gasteiger partial charge in [0.15, 0.2) is 0 Å². The highest BCUT2D eigenvalue weighted by Gasteiger charge is 2.30. The van der Waals surface area contributed by atoms with Crippen molar-refractivity contribution in [2.75, 3.05) is 5.32 Å². The van der Waals surface area contributed by atoms with E-state index in [1.165, 1.54) is 20.9 Å². The highest BCUT2D eigenvalue weighted by atomic mass is 32.2. The Morgan fingerprint density at radius 1 is 1.00 bits per heavy atom. The number of hydrogen-bond donors (Lipinski definition) is 3. The minimum atomic E-state index is -0.363. The van der Waals surface area contributed by atoms with Gasteiger partial charge in [-0.25, -0.2) is 0 Å². The molecule has 4 nitrogen and oxygen atoms in total. The molecule has 3 aromatic rings. The summed E-state index contributed by atoms with van der Waals surface area (Å²) in [7, 11) is 0. The van der Waals surface area contributed by atoms with Crippen molar-refractivity contribution in [1.82, 2.24) is 5.32 Å². The summed E-state index contributed by atoms with van der Waals surface area (Å²) in [5, 5.41) is 7.34. The molecule has 6 rings (SSSR count). The Kier molecular flexibility index (Phi) is 12.1. The monoisotopic (exact) mass is 688 g/mol. The van der Waals surface area contributed by atoms with Crippen molar-refractivity contribution in [3.63, 3.8) is 0 Å². The van der Waals surface area contributed by atoms with Crippen molar-refractivity contribution in [1.29, 1.82) is 0 Å². The van der Waals surface area contributed by atoms with Gasteiger partial charge in [0.1, 0.15) is 5.84 Å². The number of aliphatic imine (C=N–C) groups is 1. The van der Waals surface area contributed by atoms with Crippen molar-refractivity contribution in [3.05, 3.63) is 186 Å². The van der Waals surface area contributed by atoms with Crippen LogP contribution in [0.2, 0.25) is 0 Å². The van der Waals surface area contributed by atoms with Crippen molar-refractivity contribution >= 4 is 40.1 Å². The lowest BCUT2D eigenvalue weighted by molar-refractivity contribution is 0.681. The van der Waals surface area contributed by atoms with Crippen molar-refractivity contribution < 1.29 is 0 Å². The van der Waals surface area contributed by atoms with Crippen LogP contribution in [0.1, 0.15) is 72.8 Å². The van der Waals surface area contributed by atoms with Crippen LogP contribution in [0.4, 0.5) is 11.4 Å². The molecule has 51 heavy (non-hydrogen) atoms. The number of benzene rings is 3. The molecule has 2 atom stereocenters. The highest BCUT2D eigenvalue weighted by Crippen LogP contribution is 2.52. The number of hydrogen-bond acceptors (Lipinski definition) is 4. The highest BCUT2D eigenvalue weighted by molar-refractivity contribution is 8.03. The van der Waals surface area contributed by atoms with Crippen LogP contribution in [-0.4, -0.2) is 12.0 Å². The number of anilines is 2. The average Bonchev–Trinajstić information content (AvgIpc) is 3.55. The van der Waals surface area contributed by atoms with Crippen LogP contribution >= 0.6 is 11.8 Å². The van der Waals surface area contributed by atoms with Gasteiger partial charge in [-0.2, -0.15) is 0 Å². The van der Waals surface area contributed by atoms with Gasteiger partial charge in [-0.15, -0.1) is 0 Å². The van der Waals surface area contributed by atoms with Crippen LogP contribution in [-0.2, 0) is 6.54 Å². The summed E-state index contributed by atoms with van der Waals surface area (Å²) in [6, 6.07) is 21.4. The first kappa shape index (κ1) is 35.7. The SMILES string of the molecule is C=C/C=C\C(=C)c1cccc(Nc2cc(C(=NCc3cccc4c3SC3=CC=CCC34)NC(N)C3=CC=CCC3)ccc2C(=C)/C=C\CCC)c1. The van der Waals surface area contributed by atoms with Gasteiger partial charge in [-0.3, -0.25) is 4.99 Å². The summed E-state index contributed by atoms with van der Waals surface area (Å²) >= 11 is 1.89. The third-order valence-electron chi connectivity index (χ3n) is 9.34. The largest absolute Gasteiger partial charge is 0.355 e. The smallest absolute Gasteiger partial charge is 0.130 e. The molecule has 0 amide bonds. The van der Waals surface area contributed by atoms with Gasteiger partial charge in [0.05, 0.1) is 12.7 Å². The zero-order valence-corrected chi connectivity index (χ0v) is 30.4. The Hall–Kier alpha value is -5.10. The third-order valence-corrected chi connectivity index (χ3v) is 10.7. The lowest BCUT2D eigenvalue weighted by atomic mass is 9.91. The molecule has 1 aliphatic heterocycles. The number of nitrogens with zero attached hydrogens (tertiary/aromatic N) is 1. The van der Waals surface area contributed by atoms with E-state index in [1.807, 2.05) is 30.0 Å². The van der Waals surface area contributed by atoms with E-state index in [0.29, 0.717) is 12.5 Å². The number of amidine groups is 1. The van der Waals surface area contributed by atoms with E-state index in [4.69, 9.17) is 10.7 Å². The molecule has 2 aliphatic carbocycles. The van der Waals surface area contributed by atoms with Crippen LogP contribution in [0.25, 0.3) is 11.1 Å². The maximum absolute atomic E-state index is 6.84. The molecule has 4 N–H and O–H groups in total. The van der Waals surface area contributed by atoms with Gasteiger partial charge in [0.25, 0.3) is 0 Å². The second-order valence-corrected chi connectivity index (χ2v) is 14.1. The first-order chi connectivity index (χ1) is 24.9. The van der Waals surface area contributed by atoms with Gasteiger partial charge in [0.2, 0.25) is 0 Å². The lowest BCUT2D eigenvalue weighted by Gasteiger charge is -2.22. The standard InChI is InChI=1S/C46H48N4S/c1-5-7-10-18-33(4)39-28-27-36(30-42(39)49-38-23-15-21-35(29-38)32(3)17-8-6-2)46(50-45(47)34-19-11-9-12-20-34)48-31-37-22-16-25-41-40-24-13-14-26-43(40)51-44(37)41/h6,8-11,13-19,21-23,25-30,40,45,49H,2-5,7,12,20,24,31,47H2,1H3,(H,48,50)/b17-8-,18-10-. The number of nitrogens with one attached hydrogen (secondary N) is 2. The van der Waals surface area contributed by atoms with Gasteiger partial charge < -0.3 is 16.4 Å². The van der Waals surface area contributed by atoms with E-state index >= 15 is 0 Å². The van der Waals surface area contributed by atoms with E-state index in [0.717, 1.165) is 82.7 Å². The maximum Gasteiger partial charge on any atom is 0.130 e. The minimum Gasteiger partial charge on any atom is -0.355 e. The maximum atomic E-state index is 6.84. The van der Waals surface area contributed by atoms with Crippen LogP contribution in [0.15, 0.2) is 168 Å². The second-order valence-electron chi connectivity index (χ2n) is 13.0. The van der Waals surface area contributed by atoms with Crippen LogP contribution in [0.5, 0.6) is 0 Å². The summed E-state index contributed by atoms with van der Waals surface area (Å²) in [5.41, 5.74) is 17.4. The molecule has 3 aliphatic rings. The molecule has 0 radical (unpaired) electrons. The number of nitrogens with two attached hydrogens (primary N) is 1. The van der Waals surface area contributed by atoms with Gasteiger partial charge >= 0.3 is 0 Å². The lowest BCUT2D eigenvalue weighted by Crippen LogP contribution is -2.43. The number of rotatable bonds is 14. The molecule has 0 aromatic heterocycles. The molecule has 2 unspecified atom stereocenters. The molecule has 0 fully saturated rings. The molecule has 0 saturated carbocycles. The zero-order chi connectivity index (χ0) is 35.6. The molecule has 258 valence electrons. The Bertz CT molecular complexity index is 2020. The summed E-state index contributed by atoms with van der Waals surface area (Å²) < 4.78 is 0. The first-order valence-corrected chi connectivity index (χ1v) is 18.7. The van der Waals surface area contributed by atoms with Crippen LogP contribution < -0.4 is 16.4 Å². The van der Waals surface area contributed by atoms with Crippen molar-refractivity contribution in [2.24, 2.45) is 10.7 Å². The molecular formula is C46H48N4S. The summed E-state index contributed by atoms with van der Waals surface area (Å²) in [6.07, 6.45) is 27.7. The molecule has 3 aromatic carbocycles.